The third-order valence-electron chi connectivity index (χ3n) is 2.60. The second-order valence-corrected chi connectivity index (χ2v) is 4.14. The Bertz CT molecular complexity index is 402. The number of nitrogens with one attached hydrogen (secondary N) is 1. The molecular weight excluding hydrogens is 210 g/mol. The summed E-state index contributed by atoms with van der Waals surface area (Å²) < 4.78 is 5.29. The van der Waals surface area contributed by atoms with Gasteiger partial charge in [-0.1, -0.05) is 0 Å². The summed E-state index contributed by atoms with van der Waals surface area (Å²) in [7, 11) is 0. The molecule has 86 valence electrons. The molecule has 1 unspecified atom stereocenters. The highest BCUT2D eigenvalue weighted by atomic mass is 16.6. The highest BCUT2D eigenvalue weighted by molar-refractivity contribution is 5.46. The summed E-state index contributed by atoms with van der Waals surface area (Å²) >= 11 is 0. The van der Waals surface area contributed by atoms with E-state index in [4.69, 9.17) is 4.74 Å². The summed E-state index contributed by atoms with van der Waals surface area (Å²) in [5.41, 5.74) is -0.137. The number of nitrogens with zero attached hydrogens (tertiary/aromatic N) is 2. The molecule has 2 heterocycles. The van der Waals surface area contributed by atoms with Crippen LogP contribution in [0.2, 0.25) is 0 Å². The van der Waals surface area contributed by atoms with Gasteiger partial charge in [-0.3, -0.25) is 10.1 Å². The minimum Gasteiger partial charge on any atom is -0.379 e. The molecule has 0 bridgehead atoms. The zero-order valence-corrected chi connectivity index (χ0v) is 8.97. The van der Waals surface area contributed by atoms with E-state index in [9.17, 15) is 10.1 Å². The summed E-state index contributed by atoms with van der Waals surface area (Å²) in [6.07, 6.45) is 2.30. The van der Waals surface area contributed by atoms with Crippen LogP contribution in [0.1, 0.15) is 13.3 Å². The maximum atomic E-state index is 10.6. The molecule has 1 aromatic rings. The Morgan fingerprint density at radius 3 is 3.12 bits per heavy atom. The van der Waals surface area contributed by atoms with Crippen molar-refractivity contribution in [2.45, 2.75) is 18.9 Å². The van der Waals surface area contributed by atoms with Gasteiger partial charge in [0.25, 0.3) is 5.69 Å². The molecule has 1 aromatic heterocycles. The number of hydrogen-bond donors (Lipinski definition) is 1. The molecule has 16 heavy (non-hydrogen) atoms. The predicted molar refractivity (Wildman–Crippen MR) is 58.4 cm³/mol. The van der Waals surface area contributed by atoms with Gasteiger partial charge in [-0.15, -0.1) is 0 Å². The molecule has 0 aromatic carbocycles. The Kier molecular flexibility index (Phi) is 2.74. The Labute approximate surface area is 92.8 Å². The molecule has 6 nitrogen and oxygen atoms in total. The number of pyridine rings is 1. The fourth-order valence-corrected chi connectivity index (χ4v) is 1.68. The molecule has 0 aliphatic carbocycles. The molecule has 6 heteroatoms. The minimum atomic E-state index is -0.430. The standard InChI is InChI=1S/C10H13N3O3/c1-10(3-5-16-7-10)12-9-6-8(13(14)15)2-4-11-9/h2,4,6H,3,5,7H2,1H3,(H,11,12). The molecule has 0 saturated carbocycles. The first-order valence-corrected chi connectivity index (χ1v) is 5.05. The van der Waals surface area contributed by atoms with Gasteiger partial charge in [0.2, 0.25) is 0 Å². The quantitative estimate of drug-likeness (QED) is 0.621. The lowest BCUT2D eigenvalue weighted by Gasteiger charge is -2.23. The summed E-state index contributed by atoms with van der Waals surface area (Å²) in [5, 5.41) is 13.8. The molecule has 2 rings (SSSR count). The number of anilines is 1. The van der Waals surface area contributed by atoms with E-state index < -0.39 is 4.92 Å². The van der Waals surface area contributed by atoms with E-state index in [-0.39, 0.29) is 11.2 Å². The van der Waals surface area contributed by atoms with Crippen molar-refractivity contribution >= 4 is 11.5 Å². The van der Waals surface area contributed by atoms with Gasteiger partial charge in [0.05, 0.1) is 23.1 Å². The third kappa shape index (κ3) is 2.27. The SMILES string of the molecule is CC1(Nc2cc([N+](=O)[O-])ccn2)CCOC1. The van der Waals surface area contributed by atoms with E-state index in [2.05, 4.69) is 10.3 Å². The number of aromatic nitrogens is 1. The molecule has 0 radical (unpaired) electrons. The topological polar surface area (TPSA) is 77.3 Å². The monoisotopic (exact) mass is 223 g/mol. The van der Waals surface area contributed by atoms with E-state index in [1.54, 1.807) is 0 Å². The lowest BCUT2D eigenvalue weighted by atomic mass is 10.0. The zero-order valence-electron chi connectivity index (χ0n) is 8.97. The van der Waals surface area contributed by atoms with Crippen molar-refractivity contribution in [3.63, 3.8) is 0 Å². The van der Waals surface area contributed by atoms with Gasteiger partial charge in [-0.05, 0) is 13.3 Å². The maximum absolute atomic E-state index is 10.6. The fraction of sp³-hybridized carbons (Fsp3) is 0.500. The Hall–Kier alpha value is -1.69. The van der Waals surface area contributed by atoms with E-state index in [1.165, 1.54) is 18.3 Å². The summed E-state index contributed by atoms with van der Waals surface area (Å²) in [5.74, 6) is 0.516. The van der Waals surface area contributed by atoms with Gasteiger partial charge in [0.15, 0.2) is 0 Å². The molecular formula is C10H13N3O3. The molecule has 1 aliphatic rings. The third-order valence-corrected chi connectivity index (χ3v) is 2.60. The number of hydrogen-bond acceptors (Lipinski definition) is 5. The average Bonchev–Trinajstić information content (AvgIpc) is 2.65. The van der Waals surface area contributed by atoms with Crippen molar-refractivity contribution in [3.8, 4) is 0 Å². The number of ether oxygens (including phenoxy) is 1. The first-order chi connectivity index (χ1) is 7.59. The molecule has 1 aliphatic heterocycles. The van der Waals surface area contributed by atoms with Crippen LogP contribution in [0, 0.1) is 10.1 Å². The molecule has 0 amide bonds. The van der Waals surface area contributed by atoms with Gasteiger partial charge in [0.1, 0.15) is 5.82 Å². The van der Waals surface area contributed by atoms with Crippen molar-refractivity contribution in [3.05, 3.63) is 28.4 Å². The summed E-state index contributed by atoms with van der Waals surface area (Å²) in [6, 6.07) is 2.81. The van der Waals surface area contributed by atoms with Crippen molar-refractivity contribution < 1.29 is 9.66 Å². The van der Waals surface area contributed by atoms with Crippen molar-refractivity contribution in [2.75, 3.05) is 18.5 Å². The molecule has 0 spiro atoms. The second-order valence-electron chi connectivity index (χ2n) is 4.14. The number of rotatable bonds is 3. The van der Waals surface area contributed by atoms with Crippen LogP contribution in [0.3, 0.4) is 0 Å². The summed E-state index contributed by atoms with van der Waals surface area (Å²) in [6.45, 7) is 3.32. The van der Waals surface area contributed by atoms with Gasteiger partial charge in [0, 0.05) is 18.9 Å². The van der Waals surface area contributed by atoms with Crippen LogP contribution in [0.5, 0.6) is 0 Å². The lowest BCUT2D eigenvalue weighted by Crippen LogP contribution is -2.35. The van der Waals surface area contributed by atoms with E-state index in [1.807, 2.05) is 6.92 Å². The predicted octanol–water partition coefficient (Wildman–Crippen LogP) is 1.58. The van der Waals surface area contributed by atoms with Crippen LogP contribution < -0.4 is 5.32 Å². The van der Waals surface area contributed by atoms with Crippen LogP contribution in [0.15, 0.2) is 18.3 Å². The van der Waals surface area contributed by atoms with E-state index in [0.717, 1.165) is 6.42 Å². The first-order valence-electron chi connectivity index (χ1n) is 5.05. The number of nitro groups is 1. The molecule has 1 fully saturated rings. The molecule has 1 saturated heterocycles. The highest BCUT2D eigenvalue weighted by Crippen LogP contribution is 2.24. The van der Waals surface area contributed by atoms with Crippen molar-refractivity contribution in [1.29, 1.82) is 0 Å². The zero-order chi connectivity index (χ0) is 11.6. The van der Waals surface area contributed by atoms with Crippen LogP contribution in [0.25, 0.3) is 0 Å². The van der Waals surface area contributed by atoms with Gasteiger partial charge >= 0.3 is 0 Å². The van der Waals surface area contributed by atoms with Crippen LogP contribution >= 0.6 is 0 Å². The minimum absolute atomic E-state index is 0.0417. The maximum Gasteiger partial charge on any atom is 0.274 e. The van der Waals surface area contributed by atoms with Crippen LogP contribution in [-0.2, 0) is 4.74 Å². The highest BCUT2D eigenvalue weighted by Gasteiger charge is 2.30. The van der Waals surface area contributed by atoms with Crippen molar-refractivity contribution in [2.24, 2.45) is 0 Å². The van der Waals surface area contributed by atoms with Crippen LogP contribution in [-0.4, -0.2) is 28.7 Å². The lowest BCUT2D eigenvalue weighted by molar-refractivity contribution is -0.384. The van der Waals surface area contributed by atoms with Gasteiger partial charge in [-0.25, -0.2) is 4.98 Å². The second kappa shape index (κ2) is 4.05. The van der Waals surface area contributed by atoms with Gasteiger partial charge in [-0.2, -0.15) is 0 Å². The van der Waals surface area contributed by atoms with E-state index in [0.29, 0.717) is 19.0 Å². The summed E-state index contributed by atoms with van der Waals surface area (Å²) in [4.78, 5) is 14.2. The van der Waals surface area contributed by atoms with Crippen molar-refractivity contribution in [1.82, 2.24) is 4.98 Å². The fourth-order valence-electron chi connectivity index (χ4n) is 1.68. The largest absolute Gasteiger partial charge is 0.379 e. The molecule has 1 N–H and O–H groups in total. The first kappa shape index (κ1) is 10.8. The molecule has 1 atom stereocenters. The van der Waals surface area contributed by atoms with Gasteiger partial charge < -0.3 is 10.1 Å². The normalized spacial score (nSPS) is 24.3. The average molecular weight is 223 g/mol. The smallest absolute Gasteiger partial charge is 0.274 e. The van der Waals surface area contributed by atoms with Crippen LogP contribution in [0.4, 0.5) is 11.5 Å². The van der Waals surface area contributed by atoms with E-state index >= 15 is 0 Å². The Morgan fingerprint density at radius 2 is 2.50 bits per heavy atom. The Morgan fingerprint density at radius 1 is 1.69 bits per heavy atom. The Balaban J connectivity index is 2.15.